The zero-order valence-corrected chi connectivity index (χ0v) is 19.9. The first-order chi connectivity index (χ1) is 13.7. The Balaban J connectivity index is 1.54. The molecular formula is C27H45NO. The Kier molecular flexibility index (Phi) is 5.71. The van der Waals surface area contributed by atoms with Crippen LogP contribution in [0.5, 0.6) is 0 Å². The molecule has 4 rings (SSSR count). The molecule has 0 aromatic carbocycles. The van der Waals surface area contributed by atoms with Crippen molar-refractivity contribution in [1.82, 2.24) is 5.32 Å². The summed E-state index contributed by atoms with van der Waals surface area (Å²) in [4.78, 5) is 12.1. The molecule has 0 aromatic rings. The van der Waals surface area contributed by atoms with E-state index >= 15 is 0 Å². The first kappa shape index (κ1) is 21.4. The van der Waals surface area contributed by atoms with Crippen molar-refractivity contribution >= 4 is 5.78 Å². The summed E-state index contributed by atoms with van der Waals surface area (Å²) >= 11 is 0. The van der Waals surface area contributed by atoms with Gasteiger partial charge in [-0.15, -0.1) is 0 Å². The average Bonchev–Trinajstić information content (AvgIpc) is 3.00. The monoisotopic (exact) mass is 399 g/mol. The first-order valence-electron chi connectivity index (χ1n) is 12.7. The van der Waals surface area contributed by atoms with Crippen molar-refractivity contribution in [2.24, 2.45) is 46.3 Å². The highest BCUT2D eigenvalue weighted by Crippen LogP contribution is 2.66. The highest BCUT2D eigenvalue weighted by molar-refractivity contribution is 5.91. The number of piperidine rings is 1. The van der Waals surface area contributed by atoms with Gasteiger partial charge in [-0.05, 0) is 80.0 Å². The standard InChI is InChI=1S/C27H45NO/c1-17(2)8-7-9-18(3)21-10-11-22-25-19(4)28-24-16-20(29)12-14-27(24,6)23(25)13-15-26(21,22)5/h16-19,21-23,25,28H,7-15H2,1-6H3/t18-,19-,21-,22?,23?,25?,26-,27-/m1/s1. The van der Waals surface area contributed by atoms with E-state index in [9.17, 15) is 4.79 Å². The van der Waals surface area contributed by atoms with Crippen LogP contribution in [0.15, 0.2) is 11.8 Å². The van der Waals surface area contributed by atoms with E-state index in [4.69, 9.17) is 0 Å². The van der Waals surface area contributed by atoms with Gasteiger partial charge >= 0.3 is 0 Å². The van der Waals surface area contributed by atoms with E-state index in [1.54, 1.807) is 0 Å². The van der Waals surface area contributed by atoms with Gasteiger partial charge in [-0.25, -0.2) is 0 Å². The number of allylic oxidation sites excluding steroid dienone is 2. The van der Waals surface area contributed by atoms with Crippen LogP contribution in [-0.4, -0.2) is 11.8 Å². The van der Waals surface area contributed by atoms with Crippen LogP contribution in [0.2, 0.25) is 0 Å². The van der Waals surface area contributed by atoms with Crippen LogP contribution < -0.4 is 5.32 Å². The van der Waals surface area contributed by atoms with Crippen LogP contribution in [0, 0.1) is 46.3 Å². The van der Waals surface area contributed by atoms with Crippen molar-refractivity contribution in [2.75, 3.05) is 0 Å². The maximum Gasteiger partial charge on any atom is 0.157 e. The second-order valence-corrected chi connectivity index (χ2v) is 12.2. The van der Waals surface area contributed by atoms with Crippen molar-refractivity contribution in [2.45, 2.75) is 105 Å². The molecule has 3 aliphatic carbocycles. The fourth-order valence-corrected chi connectivity index (χ4v) is 8.51. The molecule has 0 aromatic heterocycles. The maximum atomic E-state index is 12.1. The summed E-state index contributed by atoms with van der Waals surface area (Å²) in [5, 5.41) is 3.85. The zero-order chi connectivity index (χ0) is 21.0. The van der Waals surface area contributed by atoms with Crippen molar-refractivity contribution in [3.05, 3.63) is 11.8 Å². The Hall–Kier alpha value is -0.790. The Morgan fingerprint density at radius 3 is 2.55 bits per heavy atom. The Bertz CT molecular complexity index is 665. The molecule has 2 nitrogen and oxygen atoms in total. The number of carbonyl (C=O) groups is 1. The minimum Gasteiger partial charge on any atom is -0.385 e. The van der Waals surface area contributed by atoms with E-state index in [1.807, 2.05) is 6.08 Å². The lowest BCUT2D eigenvalue weighted by atomic mass is 9.48. The molecule has 0 radical (unpaired) electrons. The van der Waals surface area contributed by atoms with Gasteiger partial charge in [0.05, 0.1) is 0 Å². The lowest BCUT2D eigenvalue weighted by Crippen LogP contribution is -2.60. The molecule has 1 aliphatic heterocycles. The van der Waals surface area contributed by atoms with E-state index in [2.05, 4.69) is 46.9 Å². The van der Waals surface area contributed by atoms with E-state index in [0.29, 0.717) is 17.2 Å². The van der Waals surface area contributed by atoms with Crippen LogP contribution in [0.3, 0.4) is 0 Å². The molecule has 0 spiro atoms. The highest BCUT2D eigenvalue weighted by atomic mass is 16.1. The molecule has 0 amide bonds. The van der Waals surface area contributed by atoms with Gasteiger partial charge in [-0.1, -0.05) is 53.9 Å². The lowest BCUT2D eigenvalue weighted by Gasteiger charge is -2.60. The molecule has 8 atom stereocenters. The SMILES string of the molecule is CC(C)CCC[C@@H](C)[C@H]1CCC2C3C(CC[C@@]21C)[C@@]1(C)CCC(=O)C=C1N[C@@H]3C. The van der Waals surface area contributed by atoms with Gasteiger partial charge in [0.25, 0.3) is 0 Å². The van der Waals surface area contributed by atoms with Crippen molar-refractivity contribution < 1.29 is 4.79 Å². The first-order valence-corrected chi connectivity index (χ1v) is 12.7. The van der Waals surface area contributed by atoms with Gasteiger partial charge in [0, 0.05) is 29.7 Å². The molecule has 1 N–H and O–H groups in total. The third-order valence-corrected chi connectivity index (χ3v) is 10.1. The average molecular weight is 400 g/mol. The summed E-state index contributed by atoms with van der Waals surface area (Å²) < 4.78 is 0. The zero-order valence-electron chi connectivity index (χ0n) is 19.9. The van der Waals surface area contributed by atoms with Gasteiger partial charge in [0.1, 0.15) is 0 Å². The number of nitrogens with one attached hydrogen (secondary N) is 1. The number of ketones is 1. The maximum absolute atomic E-state index is 12.1. The van der Waals surface area contributed by atoms with Crippen molar-refractivity contribution in [3.63, 3.8) is 0 Å². The van der Waals surface area contributed by atoms with Gasteiger partial charge in [0.2, 0.25) is 0 Å². The third-order valence-electron chi connectivity index (χ3n) is 10.1. The summed E-state index contributed by atoms with van der Waals surface area (Å²) in [5.41, 5.74) is 1.99. The minimum absolute atomic E-state index is 0.202. The normalized spacial score (nSPS) is 45.1. The summed E-state index contributed by atoms with van der Waals surface area (Å²) in [6.45, 7) is 14.8. The molecule has 2 heteroatoms. The number of hydrogen-bond donors (Lipinski definition) is 1. The second kappa shape index (κ2) is 7.72. The number of hydrogen-bond acceptors (Lipinski definition) is 2. The van der Waals surface area contributed by atoms with Crippen LogP contribution in [0.4, 0.5) is 0 Å². The van der Waals surface area contributed by atoms with Crippen LogP contribution in [0.1, 0.15) is 99.3 Å². The van der Waals surface area contributed by atoms with Gasteiger partial charge < -0.3 is 5.32 Å². The Morgan fingerprint density at radius 2 is 1.83 bits per heavy atom. The molecule has 164 valence electrons. The number of carbonyl (C=O) groups excluding carboxylic acids is 1. The smallest absolute Gasteiger partial charge is 0.157 e. The largest absolute Gasteiger partial charge is 0.385 e. The number of fused-ring (bicyclic) bond motifs is 5. The van der Waals surface area contributed by atoms with Crippen molar-refractivity contribution in [1.29, 1.82) is 0 Å². The van der Waals surface area contributed by atoms with Gasteiger partial charge in [-0.3, -0.25) is 4.79 Å². The summed E-state index contributed by atoms with van der Waals surface area (Å²) in [7, 11) is 0. The van der Waals surface area contributed by atoms with Gasteiger partial charge in [0.15, 0.2) is 5.78 Å². The molecule has 3 unspecified atom stereocenters. The second-order valence-electron chi connectivity index (χ2n) is 12.2. The molecule has 1 saturated heterocycles. The summed E-state index contributed by atoms with van der Waals surface area (Å²) in [6.07, 6.45) is 13.6. The molecule has 29 heavy (non-hydrogen) atoms. The van der Waals surface area contributed by atoms with Gasteiger partial charge in [-0.2, -0.15) is 0 Å². The highest BCUT2D eigenvalue weighted by Gasteiger charge is 2.61. The molecule has 2 saturated carbocycles. The predicted octanol–water partition coefficient (Wildman–Crippen LogP) is 6.75. The fourth-order valence-electron chi connectivity index (χ4n) is 8.51. The van der Waals surface area contributed by atoms with Crippen molar-refractivity contribution in [3.8, 4) is 0 Å². The van der Waals surface area contributed by atoms with E-state index < -0.39 is 0 Å². The Labute approximate surface area is 179 Å². The van der Waals surface area contributed by atoms with Crippen LogP contribution in [-0.2, 0) is 4.79 Å². The minimum atomic E-state index is 0.202. The van der Waals surface area contributed by atoms with E-state index in [0.717, 1.165) is 48.3 Å². The molecule has 1 heterocycles. The van der Waals surface area contributed by atoms with E-state index in [-0.39, 0.29) is 5.41 Å². The summed E-state index contributed by atoms with van der Waals surface area (Å²) in [6, 6.07) is 0.504. The predicted molar refractivity (Wildman–Crippen MR) is 121 cm³/mol. The quantitative estimate of drug-likeness (QED) is 0.554. The number of rotatable bonds is 5. The molecule has 3 fully saturated rings. The fraction of sp³-hybridized carbons (Fsp3) is 0.889. The molecule has 4 aliphatic rings. The lowest BCUT2D eigenvalue weighted by molar-refractivity contribution is -0.118. The topological polar surface area (TPSA) is 29.1 Å². The molecule has 0 bridgehead atoms. The van der Waals surface area contributed by atoms with Crippen LogP contribution in [0.25, 0.3) is 0 Å². The molecular weight excluding hydrogens is 354 g/mol. The third kappa shape index (κ3) is 3.51. The van der Waals surface area contributed by atoms with Crippen LogP contribution >= 0.6 is 0 Å². The Morgan fingerprint density at radius 1 is 1.07 bits per heavy atom. The van der Waals surface area contributed by atoms with E-state index in [1.165, 1.54) is 50.6 Å². The summed E-state index contributed by atoms with van der Waals surface area (Å²) in [5.74, 6) is 5.33.